The minimum atomic E-state index is -0.969. The number of hydrogen-bond acceptors (Lipinski definition) is 3. The molecule has 0 heterocycles. The van der Waals surface area contributed by atoms with E-state index in [9.17, 15) is 4.79 Å². The highest BCUT2D eigenvalue weighted by atomic mass is 35.5. The van der Waals surface area contributed by atoms with Crippen LogP contribution in [0.1, 0.15) is 12.0 Å². The van der Waals surface area contributed by atoms with Crippen molar-refractivity contribution in [2.24, 2.45) is 0 Å². The summed E-state index contributed by atoms with van der Waals surface area (Å²) >= 11 is 0. The van der Waals surface area contributed by atoms with Crippen molar-refractivity contribution >= 4 is 24.5 Å². The third-order valence-corrected chi connectivity index (χ3v) is 1.87. The lowest BCUT2D eigenvalue weighted by atomic mass is 10.2. The quantitative estimate of drug-likeness (QED) is 0.605. The van der Waals surface area contributed by atoms with Gasteiger partial charge < -0.3 is 14.9 Å². The molecule has 0 atom stereocenters. The fourth-order valence-electron chi connectivity index (χ4n) is 1.10. The van der Waals surface area contributed by atoms with Crippen molar-refractivity contribution in [3.05, 3.63) is 35.9 Å². The predicted octanol–water partition coefficient (Wildman–Crippen LogP) is 1.97. The Morgan fingerprint density at radius 1 is 1.29 bits per heavy atom. The third-order valence-electron chi connectivity index (χ3n) is 1.87. The van der Waals surface area contributed by atoms with Crippen molar-refractivity contribution in [2.45, 2.75) is 6.42 Å². The Balaban J connectivity index is 0.00000256. The average Bonchev–Trinajstić information content (AvgIpc) is 2.28. The summed E-state index contributed by atoms with van der Waals surface area (Å²) in [5.41, 5.74) is 0.803. The summed E-state index contributed by atoms with van der Waals surface area (Å²) in [5, 5.41) is 17.0. The van der Waals surface area contributed by atoms with Gasteiger partial charge in [-0.25, -0.2) is 4.79 Å². The molecule has 4 nitrogen and oxygen atoms in total. The van der Waals surface area contributed by atoms with Crippen LogP contribution in [0.2, 0.25) is 0 Å². The second-order valence-corrected chi connectivity index (χ2v) is 3.17. The minimum Gasteiger partial charge on any atom is -0.494 e. The molecule has 0 bridgehead atoms. The minimum absolute atomic E-state index is 0. The Hall–Kier alpha value is -1.52. The summed E-state index contributed by atoms with van der Waals surface area (Å²) in [4.78, 5) is 10.3. The van der Waals surface area contributed by atoms with Gasteiger partial charge in [-0.1, -0.05) is 12.1 Å². The number of carbonyl (C=O) groups is 1. The molecule has 17 heavy (non-hydrogen) atoms. The maximum atomic E-state index is 10.3. The van der Waals surface area contributed by atoms with E-state index in [0.29, 0.717) is 18.8 Å². The molecule has 0 aliphatic heterocycles. The molecule has 0 aliphatic carbocycles. The number of aliphatic hydroxyl groups excluding tert-OH is 1. The number of aliphatic carboxylic acids is 1. The molecule has 0 fully saturated rings. The molecule has 0 radical (unpaired) electrons. The maximum Gasteiger partial charge on any atom is 0.328 e. The monoisotopic (exact) mass is 258 g/mol. The topological polar surface area (TPSA) is 66.8 Å². The van der Waals surface area contributed by atoms with E-state index >= 15 is 0 Å². The highest BCUT2D eigenvalue weighted by molar-refractivity contribution is 5.85. The lowest BCUT2D eigenvalue weighted by Crippen LogP contribution is -1.99. The SMILES string of the molecule is Cl.O=C(O)C=Cc1ccc(OCCCO)cc1. The molecule has 0 saturated carbocycles. The first-order valence-electron chi connectivity index (χ1n) is 4.97. The van der Waals surface area contributed by atoms with Gasteiger partial charge in [0.1, 0.15) is 5.75 Å². The van der Waals surface area contributed by atoms with Crippen molar-refractivity contribution in [3.8, 4) is 5.75 Å². The summed E-state index contributed by atoms with van der Waals surface area (Å²) in [6.45, 7) is 0.584. The molecule has 0 amide bonds. The summed E-state index contributed by atoms with van der Waals surface area (Å²) < 4.78 is 5.33. The Morgan fingerprint density at radius 2 is 1.94 bits per heavy atom. The first-order valence-corrected chi connectivity index (χ1v) is 4.97. The summed E-state index contributed by atoms with van der Waals surface area (Å²) in [6.07, 6.45) is 3.20. The number of ether oxygens (including phenoxy) is 1. The molecular weight excluding hydrogens is 244 g/mol. The second kappa shape index (κ2) is 8.61. The predicted molar refractivity (Wildman–Crippen MR) is 67.6 cm³/mol. The Bertz CT molecular complexity index is 359. The first kappa shape index (κ1) is 15.5. The Labute approximate surface area is 106 Å². The van der Waals surface area contributed by atoms with Crippen LogP contribution in [-0.2, 0) is 4.79 Å². The maximum absolute atomic E-state index is 10.3. The van der Waals surface area contributed by atoms with Crippen LogP contribution in [0.15, 0.2) is 30.3 Å². The summed E-state index contributed by atoms with van der Waals surface area (Å²) in [5.74, 6) is -0.260. The van der Waals surface area contributed by atoms with Crippen molar-refractivity contribution in [1.82, 2.24) is 0 Å². The summed E-state index contributed by atoms with van der Waals surface area (Å²) in [7, 11) is 0. The second-order valence-electron chi connectivity index (χ2n) is 3.17. The zero-order valence-electron chi connectivity index (χ0n) is 9.20. The van der Waals surface area contributed by atoms with E-state index < -0.39 is 5.97 Å². The van der Waals surface area contributed by atoms with Crippen LogP contribution in [0.5, 0.6) is 5.75 Å². The number of halogens is 1. The van der Waals surface area contributed by atoms with Gasteiger partial charge in [-0.15, -0.1) is 12.4 Å². The number of carboxylic acids is 1. The van der Waals surface area contributed by atoms with E-state index in [0.717, 1.165) is 11.6 Å². The molecule has 0 aliphatic rings. The van der Waals surface area contributed by atoms with E-state index in [1.807, 2.05) is 0 Å². The van der Waals surface area contributed by atoms with E-state index in [-0.39, 0.29) is 19.0 Å². The highest BCUT2D eigenvalue weighted by Crippen LogP contribution is 2.13. The largest absolute Gasteiger partial charge is 0.494 e. The van der Waals surface area contributed by atoms with Crippen molar-refractivity contribution < 1.29 is 19.7 Å². The molecule has 1 aromatic carbocycles. The number of benzene rings is 1. The van der Waals surface area contributed by atoms with Crippen LogP contribution in [0.4, 0.5) is 0 Å². The van der Waals surface area contributed by atoms with Crippen LogP contribution in [-0.4, -0.2) is 29.4 Å². The first-order chi connectivity index (χ1) is 7.72. The number of rotatable bonds is 6. The van der Waals surface area contributed by atoms with Crippen LogP contribution in [0, 0.1) is 0 Å². The van der Waals surface area contributed by atoms with Crippen LogP contribution >= 0.6 is 12.4 Å². The van der Waals surface area contributed by atoms with Gasteiger partial charge in [0.15, 0.2) is 0 Å². The van der Waals surface area contributed by atoms with E-state index in [1.54, 1.807) is 24.3 Å². The molecule has 0 unspecified atom stereocenters. The van der Waals surface area contributed by atoms with Crippen molar-refractivity contribution in [2.75, 3.05) is 13.2 Å². The van der Waals surface area contributed by atoms with Crippen LogP contribution in [0.25, 0.3) is 6.08 Å². The number of hydrogen-bond donors (Lipinski definition) is 2. The standard InChI is InChI=1S/C12H14O4.ClH/c13-8-1-9-16-11-5-2-10(3-6-11)4-7-12(14)15;/h2-7,13H,1,8-9H2,(H,14,15);1H. The van der Waals surface area contributed by atoms with Gasteiger partial charge in [-0.3, -0.25) is 0 Å². The van der Waals surface area contributed by atoms with Gasteiger partial charge in [-0.05, 0) is 23.8 Å². The third kappa shape index (κ3) is 6.60. The molecule has 94 valence electrons. The molecule has 1 rings (SSSR count). The normalized spacial score (nSPS) is 9.94. The van der Waals surface area contributed by atoms with E-state index in [2.05, 4.69) is 0 Å². The van der Waals surface area contributed by atoms with Gasteiger partial charge in [0.2, 0.25) is 0 Å². The molecule has 0 spiro atoms. The van der Waals surface area contributed by atoms with Gasteiger partial charge >= 0.3 is 5.97 Å². The zero-order valence-corrected chi connectivity index (χ0v) is 10.0. The zero-order chi connectivity index (χ0) is 11.8. The van der Waals surface area contributed by atoms with Crippen LogP contribution < -0.4 is 4.74 Å². The summed E-state index contributed by atoms with van der Waals surface area (Å²) in [6, 6.07) is 7.07. The molecule has 0 saturated heterocycles. The lowest BCUT2D eigenvalue weighted by molar-refractivity contribution is -0.131. The number of carboxylic acid groups (broad SMARTS) is 1. The fourth-order valence-corrected chi connectivity index (χ4v) is 1.10. The van der Waals surface area contributed by atoms with E-state index in [1.165, 1.54) is 6.08 Å². The van der Waals surface area contributed by atoms with Gasteiger partial charge in [0.05, 0.1) is 6.61 Å². The molecule has 0 aromatic heterocycles. The number of aliphatic hydroxyl groups is 1. The Kier molecular flexibility index (Phi) is 7.84. The van der Waals surface area contributed by atoms with Crippen molar-refractivity contribution in [3.63, 3.8) is 0 Å². The fraction of sp³-hybridized carbons (Fsp3) is 0.250. The van der Waals surface area contributed by atoms with Crippen molar-refractivity contribution in [1.29, 1.82) is 0 Å². The molecular formula is C12H15ClO4. The Morgan fingerprint density at radius 3 is 2.47 bits per heavy atom. The van der Waals surface area contributed by atoms with Gasteiger partial charge in [-0.2, -0.15) is 0 Å². The van der Waals surface area contributed by atoms with Gasteiger partial charge in [0, 0.05) is 19.1 Å². The van der Waals surface area contributed by atoms with E-state index in [4.69, 9.17) is 14.9 Å². The van der Waals surface area contributed by atoms with Crippen LogP contribution in [0.3, 0.4) is 0 Å². The highest BCUT2D eigenvalue weighted by Gasteiger charge is 1.94. The lowest BCUT2D eigenvalue weighted by Gasteiger charge is -2.04. The average molecular weight is 259 g/mol. The molecule has 2 N–H and O–H groups in total. The molecule has 1 aromatic rings. The smallest absolute Gasteiger partial charge is 0.328 e. The molecule has 5 heteroatoms. The van der Waals surface area contributed by atoms with Gasteiger partial charge in [0.25, 0.3) is 0 Å².